The molecule has 1 unspecified atom stereocenters. The fourth-order valence-electron chi connectivity index (χ4n) is 1.95. The molecule has 2 N–H and O–H groups in total. The second-order valence-corrected chi connectivity index (χ2v) is 5.33. The summed E-state index contributed by atoms with van der Waals surface area (Å²) < 4.78 is 12.8. The second-order valence-electron chi connectivity index (χ2n) is 5.33. The van der Waals surface area contributed by atoms with Gasteiger partial charge in [-0.15, -0.1) is 0 Å². The molecule has 1 aromatic rings. The number of hydrogen-bond donors (Lipinski definition) is 2. The maximum Gasteiger partial charge on any atom is 0.317 e. The van der Waals surface area contributed by atoms with Crippen molar-refractivity contribution in [2.75, 3.05) is 33.7 Å². The van der Waals surface area contributed by atoms with E-state index in [1.165, 1.54) is 17.0 Å². The van der Waals surface area contributed by atoms with Crippen LogP contribution < -0.4 is 5.32 Å². The largest absolute Gasteiger partial charge is 0.392 e. The third kappa shape index (κ3) is 7.06. The van der Waals surface area contributed by atoms with E-state index in [9.17, 15) is 14.3 Å². The fourth-order valence-corrected chi connectivity index (χ4v) is 1.95. The maximum absolute atomic E-state index is 12.8. The minimum absolute atomic E-state index is 0.203. The number of urea groups is 1. The maximum atomic E-state index is 12.8. The molecule has 0 radical (unpaired) electrons. The van der Waals surface area contributed by atoms with E-state index in [0.717, 1.165) is 5.56 Å². The topological polar surface area (TPSA) is 55.8 Å². The van der Waals surface area contributed by atoms with Crippen LogP contribution in [0, 0.1) is 5.82 Å². The molecule has 0 fully saturated rings. The van der Waals surface area contributed by atoms with Gasteiger partial charge in [0.25, 0.3) is 0 Å². The minimum atomic E-state index is -0.540. The van der Waals surface area contributed by atoms with E-state index < -0.39 is 6.10 Å². The van der Waals surface area contributed by atoms with Gasteiger partial charge in [-0.2, -0.15) is 0 Å². The first-order valence-corrected chi connectivity index (χ1v) is 6.98. The molecule has 0 aliphatic heterocycles. The molecule has 0 spiro atoms. The molecular weight excluding hydrogens is 273 g/mol. The zero-order chi connectivity index (χ0) is 15.8. The van der Waals surface area contributed by atoms with Gasteiger partial charge in [-0.3, -0.25) is 0 Å². The molecule has 6 heteroatoms. The lowest BCUT2D eigenvalue weighted by Gasteiger charge is -2.21. The minimum Gasteiger partial charge on any atom is -0.392 e. The summed E-state index contributed by atoms with van der Waals surface area (Å²) in [7, 11) is 3.58. The molecule has 0 aliphatic carbocycles. The number of aliphatic hydroxyl groups is 1. The zero-order valence-corrected chi connectivity index (χ0v) is 12.8. The van der Waals surface area contributed by atoms with E-state index >= 15 is 0 Å². The lowest BCUT2D eigenvalue weighted by molar-refractivity contribution is 0.143. The van der Waals surface area contributed by atoms with Crippen LogP contribution in [0.3, 0.4) is 0 Å². The van der Waals surface area contributed by atoms with Crippen molar-refractivity contribution in [3.05, 3.63) is 35.6 Å². The zero-order valence-electron chi connectivity index (χ0n) is 12.8. The van der Waals surface area contributed by atoms with Crippen molar-refractivity contribution >= 4 is 6.03 Å². The van der Waals surface area contributed by atoms with Gasteiger partial charge in [-0.1, -0.05) is 12.1 Å². The van der Waals surface area contributed by atoms with Gasteiger partial charge in [0, 0.05) is 33.2 Å². The van der Waals surface area contributed by atoms with E-state index in [1.807, 2.05) is 11.9 Å². The molecule has 1 rings (SSSR count). The average molecular weight is 297 g/mol. The number of nitrogens with zero attached hydrogens (tertiary/aromatic N) is 2. The van der Waals surface area contributed by atoms with Crippen LogP contribution in [0.5, 0.6) is 0 Å². The highest BCUT2D eigenvalue weighted by atomic mass is 19.1. The van der Waals surface area contributed by atoms with Crippen molar-refractivity contribution in [2.24, 2.45) is 0 Å². The highest BCUT2D eigenvalue weighted by Gasteiger charge is 2.10. The molecule has 0 bridgehead atoms. The first kappa shape index (κ1) is 17.4. The molecule has 0 saturated carbocycles. The Morgan fingerprint density at radius 3 is 2.52 bits per heavy atom. The molecule has 0 heterocycles. The third-order valence-corrected chi connectivity index (χ3v) is 3.02. The normalized spacial score (nSPS) is 12.3. The SMILES string of the molecule is CC(O)CN(C)C(=O)NCCN(C)Cc1ccc(F)cc1. The summed E-state index contributed by atoms with van der Waals surface area (Å²) in [6, 6.07) is 6.18. The monoisotopic (exact) mass is 297 g/mol. The number of carbonyl (C=O) groups is 1. The smallest absolute Gasteiger partial charge is 0.317 e. The van der Waals surface area contributed by atoms with Crippen molar-refractivity contribution < 1.29 is 14.3 Å². The van der Waals surface area contributed by atoms with Gasteiger partial charge >= 0.3 is 6.03 Å². The van der Waals surface area contributed by atoms with Crippen LogP contribution in [0.4, 0.5) is 9.18 Å². The van der Waals surface area contributed by atoms with Crippen molar-refractivity contribution in [3.8, 4) is 0 Å². The van der Waals surface area contributed by atoms with Crippen molar-refractivity contribution in [3.63, 3.8) is 0 Å². The van der Waals surface area contributed by atoms with Gasteiger partial charge in [-0.25, -0.2) is 9.18 Å². The molecular formula is C15H24FN3O2. The van der Waals surface area contributed by atoms with Crippen LogP contribution in [0.2, 0.25) is 0 Å². The van der Waals surface area contributed by atoms with Crippen LogP contribution in [0.1, 0.15) is 12.5 Å². The number of hydrogen-bond acceptors (Lipinski definition) is 3. The number of rotatable bonds is 7. The Morgan fingerprint density at radius 1 is 1.33 bits per heavy atom. The fraction of sp³-hybridized carbons (Fsp3) is 0.533. The predicted molar refractivity (Wildman–Crippen MR) is 80.4 cm³/mol. The summed E-state index contributed by atoms with van der Waals surface area (Å²) in [5.74, 6) is -0.241. The Kier molecular flexibility index (Phi) is 7.11. The number of amides is 2. The van der Waals surface area contributed by atoms with Crippen LogP contribution in [-0.2, 0) is 6.54 Å². The Bertz CT molecular complexity index is 437. The predicted octanol–water partition coefficient (Wildman–Crippen LogP) is 1.28. The summed E-state index contributed by atoms with van der Waals surface area (Å²) in [6.07, 6.45) is -0.540. The van der Waals surface area contributed by atoms with Crippen LogP contribution in [0.15, 0.2) is 24.3 Å². The van der Waals surface area contributed by atoms with Crippen molar-refractivity contribution in [1.82, 2.24) is 15.1 Å². The summed E-state index contributed by atoms with van der Waals surface area (Å²) >= 11 is 0. The number of aliphatic hydroxyl groups excluding tert-OH is 1. The summed E-state index contributed by atoms with van der Waals surface area (Å²) in [5.41, 5.74) is 1.02. The highest BCUT2D eigenvalue weighted by molar-refractivity contribution is 5.73. The molecule has 21 heavy (non-hydrogen) atoms. The summed E-state index contributed by atoms with van der Waals surface area (Å²) in [4.78, 5) is 15.2. The molecule has 1 aromatic carbocycles. The van der Waals surface area contributed by atoms with Crippen LogP contribution >= 0.6 is 0 Å². The first-order chi connectivity index (χ1) is 9.88. The number of likely N-dealkylation sites (N-methyl/N-ethyl adjacent to an activating group) is 2. The number of benzene rings is 1. The molecule has 0 aliphatic rings. The van der Waals surface area contributed by atoms with Crippen LogP contribution in [0.25, 0.3) is 0 Å². The molecule has 0 saturated heterocycles. The van der Waals surface area contributed by atoms with Crippen molar-refractivity contribution in [2.45, 2.75) is 19.6 Å². The lowest BCUT2D eigenvalue weighted by atomic mass is 10.2. The number of halogens is 1. The Hall–Kier alpha value is -1.66. The van der Waals surface area contributed by atoms with Gasteiger partial charge in [0.15, 0.2) is 0 Å². The highest BCUT2D eigenvalue weighted by Crippen LogP contribution is 2.05. The van der Waals surface area contributed by atoms with Gasteiger partial charge in [0.2, 0.25) is 0 Å². The van der Waals surface area contributed by atoms with E-state index in [1.54, 1.807) is 26.1 Å². The lowest BCUT2D eigenvalue weighted by Crippen LogP contribution is -2.43. The van der Waals surface area contributed by atoms with E-state index in [4.69, 9.17) is 0 Å². The molecule has 0 aromatic heterocycles. The molecule has 118 valence electrons. The first-order valence-electron chi connectivity index (χ1n) is 6.98. The standard InChI is InChI=1S/C15H24FN3O2/c1-12(20)10-19(3)15(21)17-8-9-18(2)11-13-4-6-14(16)7-5-13/h4-7,12,20H,8-11H2,1-3H3,(H,17,21). The summed E-state index contributed by atoms with van der Waals surface area (Å²) in [5, 5.41) is 12.0. The Labute approximate surface area is 125 Å². The second kappa shape index (κ2) is 8.59. The van der Waals surface area contributed by atoms with Gasteiger partial charge in [0.05, 0.1) is 6.10 Å². The van der Waals surface area contributed by atoms with E-state index in [-0.39, 0.29) is 11.8 Å². The summed E-state index contributed by atoms with van der Waals surface area (Å²) in [6.45, 7) is 3.84. The number of nitrogens with one attached hydrogen (secondary N) is 1. The Morgan fingerprint density at radius 2 is 1.95 bits per heavy atom. The third-order valence-electron chi connectivity index (χ3n) is 3.02. The van der Waals surface area contributed by atoms with Gasteiger partial charge < -0.3 is 20.2 Å². The average Bonchev–Trinajstić information content (AvgIpc) is 2.40. The van der Waals surface area contributed by atoms with Gasteiger partial charge in [0.1, 0.15) is 5.82 Å². The van der Waals surface area contributed by atoms with E-state index in [0.29, 0.717) is 26.2 Å². The van der Waals surface area contributed by atoms with Crippen LogP contribution in [-0.4, -0.2) is 60.8 Å². The Balaban J connectivity index is 2.25. The van der Waals surface area contributed by atoms with E-state index in [2.05, 4.69) is 5.32 Å². The van der Waals surface area contributed by atoms with Crippen molar-refractivity contribution in [1.29, 1.82) is 0 Å². The molecule has 1 atom stereocenters. The molecule has 2 amide bonds. The number of carbonyl (C=O) groups excluding carboxylic acids is 1. The van der Waals surface area contributed by atoms with Gasteiger partial charge in [-0.05, 0) is 31.7 Å². The quantitative estimate of drug-likeness (QED) is 0.797. The molecule has 5 nitrogen and oxygen atoms in total.